The highest BCUT2D eigenvalue weighted by molar-refractivity contribution is 7.85. The van der Waals surface area contributed by atoms with Crippen molar-refractivity contribution in [2.45, 2.75) is 19.9 Å². The Morgan fingerprint density at radius 2 is 2.10 bits per heavy atom. The maximum Gasteiger partial charge on any atom is 0.125 e. The van der Waals surface area contributed by atoms with Gasteiger partial charge in [-0.15, -0.1) is 0 Å². The molecule has 1 aliphatic heterocycles. The van der Waals surface area contributed by atoms with Gasteiger partial charge in [0.1, 0.15) is 5.75 Å². The van der Waals surface area contributed by atoms with Gasteiger partial charge in [-0.3, -0.25) is 4.21 Å². The van der Waals surface area contributed by atoms with E-state index < -0.39 is 10.8 Å². The fraction of sp³-hybridized carbons (Fsp3) is 0.600. The first-order chi connectivity index (χ1) is 9.67. The molecule has 1 fully saturated rings. The lowest BCUT2D eigenvalue weighted by atomic mass is 10.0. The van der Waals surface area contributed by atoms with Crippen molar-refractivity contribution in [1.29, 1.82) is 0 Å². The molecule has 0 saturated carbocycles. The van der Waals surface area contributed by atoms with Gasteiger partial charge >= 0.3 is 0 Å². The van der Waals surface area contributed by atoms with Crippen LogP contribution in [0.3, 0.4) is 0 Å². The fourth-order valence-electron chi connectivity index (χ4n) is 2.71. The molecule has 20 heavy (non-hydrogen) atoms. The summed E-state index contributed by atoms with van der Waals surface area (Å²) >= 11 is 0. The topological polar surface area (TPSA) is 41.6 Å². The first-order valence-electron chi connectivity index (χ1n) is 7.17. The minimum atomic E-state index is -0.651. The molecule has 0 bridgehead atoms. The number of ether oxygens (including phenoxy) is 1. The summed E-state index contributed by atoms with van der Waals surface area (Å²) in [6, 6.07) is 6.41. The van der Waals surface area contributed by atoms with E-state index in [0.717, 1.165) is 36.9 Å². The van der Waals surface area contributed by atoms with Crippen LogP contribution in [0.1, 0.15) is 25.5 Å². The van der Waals surface area contributed by atoms with Crippen LogP contribution in [0.15, 0.2) is 18.2 Å². The van der Waals surface area contributed by atoms with Gasteiger partial charge in [-0.1, -0.05) is 13.0 Å². The van der Waals surface area contributed by atoms with Crippen molar-refractivity contribution in [2.75, 3.05) is 43.1 Å². The number of rotatable bonds is 5. The molecule has 1 heterocycles. The zero-order valence-electron chi connectivity index (χ0n) is 12.5. The predicted octanol–water partition coefficient (Wildman–Crippen LogP) is 1.93. The third-order valence-corrected chi connectivity index (χ3v) is 5.00. The van der Waals surface area contributed by atoms with Crippen LogP contribution in [0.4, 0.5) is 5.69 Å². The Bertz CT molecular complexity index is 469. The van der Waals surface area contributed by atoms with Gasteiger partial charge in [0.15, 0.2) is 0 Å². The van der Waals surface area contributed by atoms with Crippen LogP contribution >= 0.6 is 0 Å². The van der Waals surface area contributed by atoms with Gasteiger partial charge in [-0.25, -0.2) is 0 Å². The second-order valence-electron chi connectivity index (χ2n) is 5.01. The van der Waals surface area contributed by atoms with Crippen LogP contribution < -0.4 is 15.0 Å². The highest BCUT2D eigenvalue weighted by atomic mass is 32.2. The van der Waals surface area contributed by atoms with Crippen molar-refractivity contribution < 1.29 is 8.95 Å². The summed E-state index contributed by atoms with van der Waals surface area (Å²) in [6.07, 6.45) is 0. The van der Waals surface area contributed by atoms with Gasteiger partial charge in [-0.2, -0.15) is 0 Å². The van der Waals surface area contributed by atoms with E-state index in [1.165, 1.54) is 11.3 Å². The van der Waals surface area contributed by atoms with E-state index >= 15 is 0 Å². The smallest absolute Gasteiger partial charge is 0.125 e. The average molecular weight is 296 g/mol. The normalized spacial score (nSPS) is 18.1. The summed E-state index contributed by atoms with van der Waals surface area (Å²) in [7, 11) is 1.06. The molecule has 1 aromatic rings. The minimum Gasteiger partial charge on any atom is -0.496 e. The van der Waals surface area contributed by atoms with Crippen LogP contribution in [-0.2, 0) is 10.8 Å². The maximum absolute atomic E-state index is 11.5. The van der Waals surface area contributed by atoms with E-state index in [2.05, 4.69) is 30.1 Å². The Labute approximate surface area is 124 Å². The van der Waals surface area contributed by atoms with Crippen molar-refractivity contribution in [1.82, 2.24) is 5.32 Å². The molecule has 0 aromatic heterocycles. The average Bonchev–Trinajstić information content (AvgIpc) is 2.47. The second kappa shape index (κ2) is 7.09. The lowest BCUT2D eigenvalue weighted by molar-refractivity contribution is 0.402. The first-order valence-corrected chi connectivity index (χ1v) is 8.66. The molecule has 1 atom stereocenters. The molecule has 1 unspecified atom stereocenters. The molecule has 2 rings (SSSR count). The number of benzene rings is 1. The van der Waals surface area contributed by atoms with Gasteiger partial charge in [-0.05, 0) is 25.6 Å². The van der Waals surface area contributed by atoms with Crippen LogP contribution in [0.2, 0.25) is 0 Å². The molecular formula is C15H24N2O2S. The molecule has 0 aliphatic carbocycles. The monoisotopic (exact) mass is 296 g/mol. The number of methoxy groups -OCH3 is 1. The second-order valence-corrected chi connectivity index (χ2v) is 6.70. The highest BCUT2D eigenvalue weighted by Crippen LogP contribution is 2.35. The van der Waals surface area contributed by atoms with E-state index in [0.29, 0.717) is 0 Å². The molecule has 4 nitrogen and oxygen atoms in total. The van der Waals surface area contributed by atoms with Crippen molar-refractivity contribution >= 4 is 16.5 Å². The van der Waals surface area contributed by atoms with Gasteiger partial charge in [0.25, 0.3) is 0 Å². The largest absolute Gasteiger partial charge is 0.496 e. The first kappa shape index (κ1) is 15.3. The van der Waals surface area contributed by atoms with Gasteiger partial charge in [0.05, 0.1) is 7.11 Å². The zero-order chi connectivity index (χ0) is 14.5. The SMILES string of the molecule is CCNC(C)c1c(OC)cccc1N1CCS(=O)CC1. The van der Waals surface area contributed by atoms with E-state index in [1.807, 2.05) is 12.1 Å². The zero-order valence-corrected chi connectivity index (χ0v) is 13.3. The molecule has 1 N–H and O–H groups in total. The van der Waals surface area contributed by atoms with Crippen molar-refractivity contribution in [3.63, 3.8) is 0 Å². The number of anilines is 1. The van der Waals surface area contributed by atoms with Crippen molar-refractivity contribution in [3.05, 3.63) is 23.8 Å². The number of nitrogens with one attached hydrogen (secondary N) is 1. The highest BCUT2D eigenvalue weighted by Gasteiger charge is 2.22. The predicted molar refractivity (Wildman–Crippen MR) is 85.2 cm³/mol. The maximum atomic E-state index is 11.5. The summed E-state index contributed by atoms with van der Waals surface area (Å²) in [5.41, 5.74) is 2.40. The van der Waals surface area contributed by atoms with E-state index in [4.69, 9.17) is 4.74 Å². The van der Waals surface area contributed by atoms with Crippen LogP contribution in [-0.4, -0.2) is 42.5 Å². The number of nitrogens with zero attached hydrogens (tertiary/aromatic N) is 1. The Kier molecular flexibility index (Phi) is 5.43. The molecule has 0 radical (unpaired) electrons. The fourth-order valence-corrected chi connectivity index (χ4v) is 3.76. The van der Waals surface area contributed by atoms with E-state index in [-0.39, 0.29) is 6.04 Å². The molecule has 112 valence electrons. The summed E-state index contributed by atoms with van der Waals surface area (Å²) in [4.78, 5) is 2.33. The number of hydrogen-bond donors (Lipinski definition) is 1. The van der Waals surface area contributed by atoms with Gasteiger partial charge in [0, 0.05) is 52.7 Å². The molecule has 1 aromatic carbocycles. The molecule has 0 amide bonds. The Hall–Kier alpha value is -1.07. The lowest BCUT2D eigenvalue weighted by Crippen LogP contribution is -2.38. The molecular weight excluding hydrogens is 272 g/mol. The van der Waals surface area contributed by atoms with Gasteiger partial charge in [0.2, 0.25) is 0 Å². The molecule has 5 heteroatoms. The Morgan fingerprint density at radius 1 is 1.40 bits per heavy atom. The molecule has 1 aliphatic rings. The molecule has 0 spiro atoms. The summed E-state index contributed by atoms with van der Waals surface area (Å²) in [6.45, 7) is 6.89. The van der Waals surface area contributed by atoms with Crippen molar-refractivity contribution in [2.24, 2.45) is 0 Å². The van der Waals surface area contributed by atoms with Crippen LogP contribution in [0.5, 0.6) is 5.75 Å². The van der Waals surface area contributed by atoms with E-state index in [9.17, 15) is 4.21 Å². The van der Waals surface area contributed by atoms with E-state index in [1.54, 1.807) is 7.11 Å². The summed E-state index contributed by atoms with van der Waals surface area (Å²) in [5.74, 6) is 2.43. The minimum absolute atomic E-state index is 0.235. The third-order valence-electron chi connectivity index (χ3n) is 3.72. The Balaban J connectivity index is 2.33. The van der Waals surface area contributed by atoms with Crippen molar-refractivity contribution in [3.8, 4) is 5.75 Å². The molecule has 1 saturated heterocycles. The van der Waals surface area contributed by atoms with Crippen LogP contribution in [0.25, 0.3) is 0 Å². The standard InChI is InChI=1S/C15H24N2O2S/c1-4-16-12(2)15-13(6-5-7-14(15)19-3)17-8-10-20(18)11-9-17/h5-7,12,16H,4,8-11H2,1-3H3. The third kappa shape index (κ3) is 3.33. The van der Waals surface area contributed by atoms with Crippen LogP contribution in [0, 0.1) is 0 Å². The summed E-state index contributed by atoms with van der Waals surface area (Å²) in [5, 5.41) is 3.46. The van der Waals surface area contributed by atoms with Gasteiger partial charge < -0.3 is 15.0 Å². The number of hydrogen-bond acceptors (Lipinski definition) is 4. The lowest BCUT2D eigenvalue weighted by Gasteiger charge is -2.32. The quantitative estimate of drug-likeness (QED) is 0.901. The summed E-state index contributed by atoms with van der Waals surface area (Å²) < 4.78 is 17.1. The Morgan fingerprint density at radius 3 is 2.70 bits per heavy atom.